The molecule has 0 bridgehead atoms. The number of carbonyl (C=O) groups is 1. The highest BCUT2D eigenvalue weighted by Gasteiger charge is 2.32. The van der Waals surface area contributed by atoms with Crippen molar-refractivity contribution in [2.24, 2.45) is 0 Å². The maximum Gasteiger partial charge on any atom is 0.313 e. The highest BCUT2D eigenvalue weighted by Crippen LogP contribution is 2.27. The third-order valence-electron chi connectivity index (χ3n) is 2.59. The molecule has 0 spiro atoms. The zero-order valence-corrected chi connectivity index (χ0v) is 7.95. The van der Waals surface area contributed by atoms with E-state index in [-0.39, 0.29) is 0 Å². The van der Waals surface area contributed by atoms with Gasteiger partial charge in [-0.1, -0.05) is 37.3 Å². The van der Waals surface area contributed by atoms with E-state index in [0.29, 0.717) is 6.42 Å². The minimum Gasteiger partial charge on any atom is -0.481 e. The molecule has 0 aromatic heterocycles. The van der Waals surface area contributed by atoms with Gasteiger partial charge in [0.2, 0.25) is 0 Å². The van der Waals surface area contributed by atoms with E-state index < -0.39 is 11.4 Å². The van der Waals surface area contributed by atoms with E-state index in [9.17, 15) is 4.79 Å². The van der Waals surface area contributed by atoms with Gasteiger partial charge in [-0.3, -0.25) is 4.79 Å². The normalized spacial score (nSPS) is 14.9. The largest absolute Gasteiger partial charge is 0.481 e. The number of aliphatic carboxylic acids is 1. The summed E-state index contributed by atoms with van der Waals surface area (Å²) in [5.41, 5.74) is 0.117. The van der Waals surface area contributed by atoms with Gasteiger partial charge in [-0.05, 0) is 18.9 Å². The SMILES string of the molecule is CC[C@@](C)(C(=O)O)c1ccccc1. The van der Waals surface area contributed by atoms with Crippen molar-refractivity contribution in [2.75, 3.05) is 0 Å². The monoisotopic (exact) mass is 178 g/mol. The van der Waals surface area contributed by atoms with E-state index in [1.54, 1.807) is 6.92 Å². The summed E-state index contributed by atoms with van der Waals surface area (Å²) in [7, 11) is 0. The van der Waals surface area contributed by atoms with Gasteiger partial charge in [-0.25, -0.2) is 0 Å². The summed E-state index contributed by atoms with van der Waals surface area (Å²) in [6, 6.07) is 9.34. The first-order chi connectivity index (χ1) is 6.11. The Kier molecular flexibility index (Phi) is 2.71. The minimum atomic E-state index is -0.763. The zero-order valence-electron chi connectivity index (χ0n) is 7.95. The second-order valence-corrected chi connectivity index (χ2v) is 3.36. The van der Waals surface area contributed by atoms with Crippen molar-refractivity contribution in [1.82, 2.24) is 0 Å². The first-order valence-corrected chi connectivity index (χ1v) is 4.40. The molecule has 0 saturated carbocycles. The lowest BCUT2D eigenvalue weighted by molar-refractivity contribution is -0.143. The summed E-state index contributed by atoms with van der Waals surface area (Å²) in [6.07, 6.45) is 0.604. The van der Waals surface area contributed by atoms with Crippen LogP contribution in [0.1, 0.15) is 25.8 Å². The fourth-order valence-corrected chi connectivity index (χ4v) is 1.28. The maximum atomic E-state index is 11.1. The lowest BCUT2D eigenvalue weighted by atomic mass is 9.80. The Morgan fingerprint density at radius 3 is 2.31 bits per heavy atom. The molecule has 1 rings (SSSR count). The van der Waals surface area contributed by atoms with Gasteiger partial charge in [0.25, 0.3) is 0 Å². The molecule has 1 atom stereocenters. The molecule has 0 aliphatic rings. The van der Waals surface area contributed by atoms with Crippen LogP contribution in [0.3, 0.4) is 0 Å². The average Bonchev–Trinajstić information content (AvgIpc) is 2.17. The summed E-state index contributed by atoms with van der Waals surface area (Å²) in [6.45, 7) is 3.64. The number of carboxylic acid groups (broad SMARTS) is 1. The van der Waals surface area contributed by atoms with Gasteiger partial charge < -0.3 is 5.11 Å². The van der Waals surface area contributed by atoms with E-state index in [2.05, 4.69) is 0 Å². The Labute approximate surface area is 78.2 Å². The number of hydrogen-bond acceptors (Lipinski definition) is 1. The van der Waals surface area contributed by atoms with Crippen LogP contribution in [0, 0.1) is 0 Å². The first kappa shape index (κ1) is 9.78. The molecule has 2 heteroatoms. The van der Waals surface area contributed by atoms with Gasteiger partial charge in [0.15, 0.2) is 0 Å². The van der Waals surface area contributed by atoms with Gasteiger partial charge in [0, 0.05) is 0 Å². The predicted molar refractivity (Wildman–Crippen MR) is 51.7 cm³/mol. The van der Waals surface area contributed by atoms with Crippen LogP contribution >= 0.6 is 0 Å². The van der Waals surface area contributed by atoms with Crippen LogP contribution in [0.25, 0.3) is 0 Å². The number of benzene rings is 1. The van der Waals surface area contributed by atoms with E-state index in [1.165, 1.54) is 0 Å². The van der Waals surface area contributed by atoms with E-state index in [1.807, 2.05) is 37.3 Å². The molecule has 0 radical (unpaired) electrons. The molecule has 13 heavy (non-hydrogen) atoms. The van der Waals surface area contributed by atoms with Crippen molar-refractivity contribution >= 4 is 5.97 Å². The molecule has 0 fully saturated rings. The van der Waals surface area contributed by atoms with Crippen LogP contribution in [-0.4, -0.2) is 11.1 Å². The fourth-order valence-electron chi connectivity index (χ4n) is 1.28. The fraction of sp³-hybridized carbons (Fsp3) is 0.364. The molecule has 1 aromatic carbocycles. The lowest BCUT2D eigenvalue weighted by Gasteiger charge is -2.23. The van der Waals surface area contributed by atoms with Crippen molar-refractivity contribution in [3.8, 4) is 0 Å². The Morgan fingerprint density at radius 2 is 1.92 bits per heavy atom. The highest BCUT2D eigenvalue weighted by molar-refractivity contribution is 5.80. The van der Waals surface area contributed by atoms with Gasteiger partial charge in [0.05, 0.1) is 5.41 Å². The first-order valence-electron chi connectivity index (χ1n) is 4.40. The molecule has 1 aromatic rings. The topological polar surface area (TPSA) is 37.3 Å². The Morgan fingerprint density at radius 1 is 1.38 bits per heavy atom. The van der Waals surface area contributed by atoms with Gasteiger partial charge in [-0.15, -0.1) is 0 Å². The Bertz CT molecular complexity index is 292. The molecule has 0 amide bonds. The van der Waals surface area contributed by atoms with Crippen LogP contribution in [0.15, 0.2) is 30.3 Å². The average molecular weight is 178 g/mol. The van der Waals surface area contributed by atoms with Crippen LogP contribution in [-0.2, 0) is 10.2 Å². The number of hydrogen-bond donors (Lipinski definition) is 1. The summed E-state index contributed by atoms with van der Waals surface area (Å²) < 4.78 is 0. The third-order valence-corrected chi connectivity index (χ3v) is 2.59. The standard InChI is InChI=1S/C11H14O2/c1-3-11(2,10(12)13)9-7-5-4-6-8-9/h4-8H,3H2,1-2H3,(H,12,13)/t11-/m1/s1. The predicted octanol–water partition coefficient (Wildman–Crippen LogP) is 2.44. The summed E-state index contributed by atoms with van der Waals surface area (Å²) in [5.74, 6) is -0.763. The molecule has 0 aliphatic carbocycles. The van der Waals surface area contributed by atoms with Crippen LogP contribution < -0.4 is 0 Å². The number of rotatable bonds is 3. The van der Waals surface area contributed by atoms with Gasteiger partial charge in [0.1, 0.15) is 0 Å². The second-order valence-electron chi connectivity index (χ2n) is 3.36. The molecule has 0 saturated heterocycles. The summed E-state index contributed by atoms with van der Waals surface area (Å²) >= 11 is 0. The molecule has 0 heterocycles. The molecule has 0 unspecified atom stereocenters. The third kappa shape index (κ3) is 1.72. The minimum absolute atomic E-state index is 0.604. The van der Waals surface area contributed by atoms with Crippen molar-refractivity contribution in [1.29, 1.82) is 0 Å². The lowest BCUT2D eigenvalue weighted by Crippen LogP contribution is -2.31. The zero-order chi connectivity index (χ0) is 9.90. The van der Waals surface area contributed by atoms with Crippen LogP contribution in [0.2, 0.25) is 0 Å². The molecular weight excluding hydrogens is 164 g/mol. The van der Waals surface area contributed by atoms with Crippen molar-refractivity contribution < 1.29 is 9.90 Å². The Hall–Kier alpha value is -1.31. The van der Waals surface area contributed by atoms with E-state index in [0.717, 1.165) is 5.56 Å². The maximum absolute atomic E-state index is 11.1. The van der Waals surface area contributed by atoms with Crippen molar-refractivity contribution in [3.63, 3.8) is 0 Å². The van der Waals surface area contributed by atoms with E-state index >= 15 is 0 Å². The van der Waals surface area contributed by atoms with Crippen LogP contribution in [0.5, 0.6) is 0 Å². The number of carboxylic acids is 1. The summed E-state index contributed by atoms with van der Waals surface area (Å²) in [4.78, 5) is 11.1. The molecule has 0 aliphatic heterocycles. The quantitative estimate of drug-likeness (QED) is 0.771. The van der Waals surface area contributed by atoms with Crippen molar-refractivity contribution in [2.45, 2.75) is 25.7 Å². The van der Waals surface area contributed by atoms with Crippen molar-refractivity contribution in [3.05, 3.63) is 35.9 Å². The van der Waals surface area contributed by atoms with Gasteiger partial charge >= 0.3 is 5.97 Å². The molecule has 2 nitrogen and oxygen atoms in total. The molecule has 70 valence electrons. The highest BCUT2D eigenvalue weighted by atomic mass is 16.4. The van der Waals surface area contributed by atoms with Crippen LogP contribution in [0.4, 0.5) is 0 Å². The second kappa shape index (κ2) is 3.60. The summed E-state index contributed by atoms with van der Waals surface area (Å²) in [5, 5.41) is 9.09. The molecule has 1 N–H and O–H groups in total. The van der Waals surface area contributed by atoms with Gasteiger partial charge in [-0.2, -0.15) is 0 Å². The smallest absolute Gasteiger partial charge is 0.313 e. The molecular formula is C11H14O2. The van der Waals surface area contributed by atoms with E-state index in [4.69, 9.17) is 5.11 Å². The Balaban J connectivity index is 3.11.